The van der Waals surface area contributed by atoms with Crippen LogP contribution in [0.5, 0.6) is 0 Å². The number of aryl methyl sites for hydroxylation is 2. The van der Waals surface area contributed by atoms with Gasteiger partial charge in [-0.3, -0.25) is 14.2 Å². The summed E-state index contributed by atoms with van der Waals surface area (Å²) >= 11 is 5.61. The Labute approximate surface area is 114 Å². The molecular weight excluding hydrogens is 292 g/mol. The first-order chi connectivity index (χ1) is 8.79. The SMILES string of the molecule is Cc1nn(C)cc1NS(=O)(=O)c1c[nH]c(=O)c(Cl)c1. The van der Waals surface area contributed by atoms with E-state index in [9.17, 15) is 13.2 Å². The molecule has 0 aliphatic heterocycles. The summed E-state index contributed by atoms with van der Waals surface area (Å²) in [6, 6.07) is 1.09. The first kappa shape index (κ1) is 13.6. The van der Waals surface area contributed by atoms with E-state index >= 15 is 0 Å². The van der Waals surface area contributed by atoms with Crippen molar-refractivity contribution in [2.45, 2.75) is 11.8 Å². The van der Waals surface area contributed by atoms with Crippen LogP contribution in [-0.2, 0) is 17.1 Å². The molecular formula is C10H11ClN4O3S. The fraction of sp³-hybridized carbons (Fsp3) is 0.200. The van der Waals surface area contributed by atoms with E-state index in [1.165, 1.54) is 4.68 Å². The molecule has 9 heteroatoms. The third kappa shape index (κ3) is 2.79. The van der Waals surface area contributed by atoms with E-state index in [0.717, 1.165) is 12.3 Å². The number of hydrogen-bond acceptors (Lipinski definition) is 4. The molecule has 0 radical (unpaired) electrons. The van der Waals surface area contributed by atoms with Gasteiger partial charge in [-0.2, -0.15) is 5.10 Å². The average Bonchev–Trinajstić information content (AvgIpc) is 2.60. The first-order valence-electron chi connectivity index (χ1n) is 5.21. The van der Waals surface area contributed by atoms with Crippen molar-refractivity contribution in [1.82, 2.24) is 14.8 Å². The summed E-state index contributed by atoms with van der Waals surface area (Å²) < 4.78 is 28.1. The Kier molecular flexibility index (Phi) is 3.38. The maximum absolute atomic E-state index is 12.1. The van der Waals surface area contributed by atoms with Crippen molar-refractivity contribution in [2.75, 3.05) is 4.72 Å². The number of anilines is 1. The van der Waals surface area contributed by atoms with Crippen LogP contribution in [0, 0.1) is 6.92 Å². The highest BCUT2D eigenvalue weighted by atomic mass is 35.5. The quantitative estimate of drug-likeness (QED) is 0.879. The van der Waals surface area contributed by atoms with Crippen LogP contribution in [0.4, 0.5) is 5.69 Å². The van der Waals surface area contributed by atoms with Crippen molar-refractivity contribution >= 4 is 27.3 Å². The smallest absolute Gasteiger partial charge is 0.266 e. The molecule has 2 N–H and O–H groups in total. The van der Waals surface area contributed by atoms with Crippen LogP contribution in [0.2, 0.25) is 5.02 Å². The zero-order chi connectivity index (χ0) is 14.2. The summed E-state index contributed by atoms with van der Waals surface area (Å²) in [5.41, 5.74) is 0.365. The number of pyridine rings is 1. The Morgan fingerprint density at radius 3 is 2.68 bits per heavy atom. The number of halogens is 1. The number of rotatable bonds is 3. The van der Waals surface area contributed by atoms with E-state index in [2.05, 4.69) is 14.8 Å². The Bertz CT molecular complexity index is 778. The summed E-state index contributed by atoms with van der Waals surface area (Å²) in [7, 11) is -2.14. The third-order valence-corrected chi connectivity index (χ3v) is 4.03. The number of sulfonamides is 1. The molecule has 0 aliphatic carbocycles. The van der Waals surface area contributed by atoms with Crippen molar-refractivity contribution in [3.05, 3.63) is 39.5 Å². The minimum absolute atomic E-state index is 0.125. The first-order valence-corrected chi connectivity index (χ1v) is 7.07. The molecule has 0 spiro atoms. The highest BCUT2D eigenvalue weighted by Gasteiger charge is 2.18. The molecule has 19 heavy (non-hydrogen) atoms. The molecule has 0 saturated heterocycles. The molecule has 0 saturated carbocycles. The van der Waals surface area contributed by atoms with Gasteiger partial charge in [0.15, 0.2) is 0 Å². The molecule has 102 valence electrons. The molecule has 0 bridgehead atoms. The van der Waals surface area contributed by atoms with Crippen molar-refractivity contribution in [2.24, 2.45) is 7.05 Å². The third-order valence-electron chi connectivity index (χ3n) is 2.40. The number of H-pyrrole nitrogens is 1. The van der Waals surface area contributed by atoms with Gasteiger partial charge in [-0.15, -0.1) is 0 Å². The van der Waals surface area contributed by atoms with Crippen LogP contribution >= 0.6 is 11.6 Å². The van der Waals surface area contributed by atoms with Gasteiger partial charge < -0.3 is 4.98 Å². The van der Waals surface area contributed by atoms with E-state index < -0.39 is 15.6 Å². The molecule has 2 heterocycles. The largest absolute Gasteiger partial charge is 0.326 e. The van der Waals surface area contributed by atoms with Gasteiger partial charge in [-0.25, -0.2) is 8.42 Å². The highest BCUT2D eigenvalue weighted by molar-refractivity contribution is 7.92. The Morgan fingerprint density at radius 2 is 2.16 bits per heavy atom. The summed E-state index contributed by atoms with van der Waals surface area (Å²) in [5.74, 6) is 0. The zero-order valence-corrected chi connectivity index (χ0v) is 11.7. The fourth-order valence-electron chi connectivity index (χ4n) is 1.50. The van der Waals surface area contributed by atoms with Gasteiger partial charge in [0.05, 0.1) is 11.4 Å². The van der Waals surface area contributed by atoms with Crippen LogP contribution < -0.4 is 10.3 Å². The second-order valence-electron chi connectivity index (χ2n) is 3.92. The molecule has 0 aromatic carbocycles. The standard InChI is InChI=1S/C10H11ClN4O3S/c1-6-9(5-15(2)13-6)14-19(17,18)7-3-8(11)10(16)12-4-7/h3-5,14H,1-2H3,(H,12,16). The van der Waals surface area contributed by atoms with Crippen molar-refractivity contribution in [1.29, 1.82) is 0 Å². The molecule has 2 rings (SSSR count). The van der Waals surface area contributed by atoms with Crippen LogP contribution in [0.3, 0.4) is 0 Å². The summed E-state index contributed by atoms with van der Waals surface area (Å²) in [4.78, 5) is 13.2. The van der Waals surface area contributed by atoms with Gasteiger partial charge in [0, 0.05) is 19.4 Å². The number of aromatic nitrogens is 3. The fourth-order valence-corrected chi connectivity index (χ4v) is 2.83. The van der Waals surface area contributed by atoms with Crippen molar-refractivity contribution in [3.8, 4) is 0 Å². The van der Waals surface area contributed by atoms with Crippen molar-refractivity contribution < 1.29 is 8.42 Å². The Hall–Kier alpha value is -1.80. The molecule has 2 aromatic heterocycles. The van der Waals surface area contributed by atoms with Crippen LogP contribution in [0.1, 0.15) is 5.69 Å². The molecule has 7 nitrogen and oxygen atoms in total. The normalized spacial score (nSPS) is 11.5. The van der Waals surface area contributed by atoms with E-state index in [1.807, 2.05) is 0 Å². The van der Waals surface area contributed by atoms with Gasteiger partial charge in [0.2, 0.25) is 0 Å². The summed E-state index contributed by atoms with van der Waals surface area (Å²) in [5, 5.41) is 3.84. The van der Waals surface area contributed by atoms with Crippen LogP contribution in [0.25, 0.3) is 0 Å². The second kappa shape index (κ2) is 4.71. The zero-order valence-electron chi connectivity index (χ0n) is 10.1. The summed E-state index contributed by atoms with van der Waals surface area (Å²) in [6.07, 6.45) is 2.63. The lowest BCUT2D eigenvalue weighted by molar-refractivity contribution is 0.600. The Morgan fingerprint density at radius 1 is 1.47 bits per heavy atom. The number of hydrogen-bond donors (Lipinski definition) is 2. The number of aromatic amines is 1. The van der Waals surface area contributed by atoms with E-state index in [1.54, 1.807) is 20.2 Å². The van der Waals surface area contributed by atoms with E-state index in [-0.39, 0.29) is 9.92 Å². The molecule has 2 aromatic rings. The molecule has 0 aliphatic rings. The molecule has 0 fully saturated rings. The Balaban J connectivity index is 2.40. The number of nitrogens with one attached hydrogen (secondary N) is 2. The summed E-state index contributed by atoms with van der Waals surface area (Å²) in [6.45, 7) is 1.68. The highest BCUT2D eigenvalue weighted by Crippen LogP contribution is 2.18. The van der Waals surface area contributed by atoms with Crippen molar-refractivity contribution in [3.63, 3.8) is 0 Å². The maximum Gasteiger partial charge on any atom is 0.266 e. The lowest BCUT2D eigenvalue weighted by atomic mass is 10.4. The van der Waals surface area contributed by atoms with Gasteiger partial charge >= 0.3 is 0 Å². The molecule has 0 unspecified atom stereocenters. The predicted octanol–water partition coefficient (Wildman–Crippen LogP) is 0.871. The van der Waals surface area contributed by atoms with Gasteiger partial charge in [-0.05, 0) is 13.0 Å². The van der Waals surface area contributed by atoms with E-state index in [4.69, 9.17) is 11.6 Å². The topological polar surface area (TPSA) is 96.8 Å². The second-order valence-corrected chi connectivity index (χ2v) is 6.01. The molecule has 0 atom stereocenters. The van der Waals surface area contributed by atoms with Crippen LogP contribution in [0.15, 0.2) is 28.2 Å². The molecule has 0 amide bonds. The van der Waals surface area contributed by atoms with Gasteiger partial charge in [0.1, 0.15) is 9.92 Å². The lowest BCUT2D eigenvalue weighted by Crippen LogP contribution is -2.16. The van der Waals surface area contributed by atoms with E-state index in [0.29, 0.717) is 11.4 Å². The maximum atomic E-state index is 12.1. The number of nitrogens with zero attached hydrogens (tertiary/aromatic N) is 2. The average molecular weight is 303 g/mol. The monoisotopic (exact) mass is 302 g/mol. The minimum Gasteiger partial charge on any atom is -0.326 e. The van der Waals surface area contributed by atoms with Crippen LogP contribution in [-0.4, -0.2) is 23.2 Å². The predicted molar refractivity (Wildman–Crippen MR) is 70.8 cm³/mol. The van der Waals surface area contributed by atoms with Gasteiger partial charge in [0.25, 0.3) is 15.6 Å². The van der Waals surface area contributed by atoms with Gasteiger partial charge in [-0.1, -0.05) is 11.6 Å². The lowest BCUT2D eigenvalue weighted by Gasteiger charge is -2.06. The minimum atomic E-state index is -3.82.